The Labute approximate surface area is 409 Å². The number of rotatable bonds is 20. The van der Waals surface area contributed by atoms with E-state index in [-0.39, 0.29) is 48.7 Å². The highest BCUT2D eigenvalue weighted by atomic mass is 16.6. The Morgan fingerprint density at radius 3 is 0.638 bits per heavy atom. The minimum Gasteiger partial charge on any atom is -0.508 e. The number of carbonyl (C=O) groups excluding carboxylic acids is 4. The fraction of sp³-hybridized carbons (Fsp3) is 0.509. The zero-order valence-electron chi connectivity index (χ0n) is 42.8. The van der Waals surface area contributed by atoms with Gasteiger partial charge in [-0.3, -0.25) is 19.2 Å². The van der Waals surface area contributed by atoms with Crippen LogP contribution >= 0.6 is 0 Å². The van der Waals surface area contributed by atoms with Gasteiger partial charge in [0.2, 0.25) is 0 Å². The number of esters is 4. The van der Waals surface area contributed by atoms with Gasteiger partial charge in [0.25, 0.3) is 0 Å². The number of phenols is 4. The maximum atomic E-state index is 14.5. The second kappa shape index (κ2) is 23.0. The van der Waals surface area contributed by atoms with Crippen molar-refractivity contribution >= 4 is 23.9 Å². The van der Waals surface area contributed by atoms with Crippen LogP contribution in [0.3, 0.4) is 0 Å². The molecule has 12 heteroatoms. The first-order valence-corrected chi connectivity index (χ1v) is 23.7. The van der Waals surface area contributed by atoms with Crippen molar-refractivity contribution in [3.63, 3.8) is 0 Å². The van der Waals surface area contributed by atoms with Crippen molar-refractivity contribution in [3.8, 4) is 23.0 Å². The van der Waals surface area contributed by atoms with Gasteiger partial charge in [0.15, 0.2) is 0 Å². The zero-order chi connectivity index (χ0) is 51.5. The maximum absolute atomic E-state index is 14.5. The largest absolute Gasteiger partial charge is 0.508 e. The fourth-order valence-corrected chi connectivity index (χ4v) is 7.99. The molecule has 4 aromatic rings. The molecule has 0 saturated carbocycles. The molecule has 0 aliphatic heterocycles. The van der Waals surface area contributed by atoms with Crippen molar-refractivity contribution < 1.29 is 58.6 Å². The highest BCUT2D eigenvalue weighted by Gasteiger charge is 2.44. The lowest BCUT2D eigenvalue weighted by molar-refractivity contribution is -0.179. The molecule has 4 atom stereocenters. The van der Waals surface area contributed by atoms with Crippen LogP contribution in [0.1, 0.15) is 105 Å². The molecule has 376 valence electrons. The lowest BCUT2D eigenvalue weighted by Crippen LogP contribution is -2.47. The molecule has 4 aromatic carbocycles. The van der Waals surface area contributed by atoms with Crippen LogP contribution in [0.4, 0.5) is 0 Å². The monoisotopic (exact) mass is 953 g/mol. The Morgan fingerprint density at radius 1 is 0.333 bits per heavy atom. The van der Waals surface area contributed by atoms with Gasteiger partial charge in [0.1, 0.15) is 54.8 Å². The standard InChI is InChI=1S/C57H76O12/c1-53(2,3)45(29-37-13-21-41(58)22-14-37)49(62)66-33-57(34-67-50(63)46(54(4,5)6)30-38-15-23-42(59)24-16-38,35-68-51(64)47(55(7,8)9)31-39-17-25-43(60)26-18-39)36-69-52(65)48(56(10,11)12)32-40-19-27-44(61)28-20-40/h13-28,45-48,58-61H,29-36H2,1-12H3. The molecule has 0 aromatic heterocycles. The Morgan fingerprint density at radius 2 is 0.493 bits per heavy atom. The lowest BCUT2D eigenvalue weighted by Gasteiger charge is -2.37. The summed E-state index contributed by atoms with van der Waals surface area (Å²) < 4.78 is 25.0. The summed E-state index contributed by atoms with van der Waals surface area (Å²) in [7, 11) is 0. The summed E-state index contributed by atoms with van der Waals surface area (Å²) >= 11 is 0. The quantitative estimate of drug-likeness (QED) is 0.0486. The van der Waals surface area contributed by atoms with Crippen molar-refractivity contribution in [1.29, 1.82) is 0 Å². The topological polar surface area (TPSA) is 186 Å². The summed E-state index contributed by atoms with van der Waals surface area (Å²) in [4.78, 5) is 57.9. The van der Waals surface area contributed by atoms with E-state index in [4.69, 9.17) is 18.9 Å². The maximum Gasteiger partial charge on any atom is 0.309 e. The van der Waals surface area contributed by atoms with E-state index in [1.54, 1.807) is 97.1 Å². The van der Waals surface area contributed by atoms with E-state index in [0.29, 0.717) is 0 Å². The summed E-state index contributed by atoms with van der Waals surface area (Å²) in [5, 5.41) is 39.9. The zero-order valence-corrected chi connectivity index (χ0v) is 42.8. The van der Waals surface area contributed by atoms with Gasteiger partial charge in [0.05, 0.1) is 23.7 Å². The Hall–Kier alpha value is -6.04. The van der Waals surface area contributed by atoms with Gasteiger partial charge < -0.3 is 39.4 Å². The number of benzene rings is 4. The molecule has 4 rings (SSSR count). The average molecular weight is 953 g/mol. The van der Waals surface area contributed by atoms with Crippen LogP contribution in [0.5, 0.6) is 23.0 Å². The molecule has 4 unspecified atom stereocenters. The molecule has 0 fully saturated rings. The summed E-state index contributed by atoms with van der Waals surface area (Å²) in [5.74, 6) is -4.78. The first-order chi connectivity index (χ1) is 32.0. The van der Waals surface area contributed by atoms with Crippen molar-refractivity contribution in [3.05, 3.63) is 119 Å². The molecule has 0 aliphatic rings. The lowest BCUT2D eigenvalue weighted by atomic mass is 9.77. The number of aromatic hydroxyl groups is 4. The molecule has 0 saturated heterocycles. The summed E-state index contributed by atoms with van der Waals surface area (Å²) in [6, 6.07) is 26.3. The predicted octanol–water partition coefficient (Wildman–Crippen LogP) is 10.6. The van der Waals surface area contributed by atoms with Crippen molar-refractivity contribution in [2.45, 2.75) is 109 Å². The van der Waals surface area contributed by atoms with Gasteiger partial charge in [-0.05, 0) is 118 Å². The van der Waals surface area contributed by atoms with Crippen LogP contribution in [0, 0.1) is 50.7 Å². The number of hydrogen-bond acceptors (Lipinski definition) is 12. The molecular weight excluding hydrogens is 877 g/mol. The van der Waals surface area contributed by atoms with Crippen LogP contribution in [0.15, 0.2) is 97.1 Å². The minimum atomic E-state index is -1.62. The first-order valence-electron chi connectivity index (χ1n) is 23.7. The second-order valence-electron chi connectivity index (χ2n) is 23.1. The molecule has 4 N–H and O–H groups in total. The smallest absolute Gasteiger partial charge is 0.309 e. The van der Waals surface area contributed by atoms with Gasteiger partial charge in [-0.15, -0.1) is 0 Å². The van der Waals surface area contributed by atoms with Gasteiger partial charge in [-0.2, -0.15) is 0 Å². The van der Waals surface area contributed by atoms with E-state index in [2.05, 4.69) is 0 Å². The molecular formula is C57H76O12. The number of ether oxygens (including phenoxy) is 4. The average Bonchev–Trinajstić information content (AvgIpc) is 3.25. The molecule has 0 spiro atoms. The second-order valence-corrected chi connectivity index (χ2v) is 23.1. The third-order valence-electron chi connectivity index (χ3n) is 12.9. The van der Waals surface area contributed by atoms with E-state index in [9.17, 15) is 39.6 Å². The van der Waals surface area contributed by atoms with Gasteiger partial charge in [0, 0.05) is 0 Å². The Bertz CT molecular complexity index is 1960. The molecule has 0 amide bonds. The third kappa shape index (κ3) is 17.2. The SMILES string of the molecule is CC(C)(C)C(Cc1ccc(O)cc1)C(=O)OCC(COC(=O)C(Cc1ccc(O)cc1)C(C)(C)C)(COC(=O)C(Cc1ccc(O)cc1)C(C)(C)C)COC(=O)C(Cc1ccc(O)cc1)C(C)(C)C. The molecule has 69 heavy (non-hydrogen) atoms. The molecule has 0 bridgehead atoms. The van der Waals surface area contributed by atoms with E-state index in [1.165, 1.54) is 0 Å². The van der Waals surface area contributed by atoms with Crippen LogP contribution in [-0.4, -0.2) is 70.7 Å². The highest BCUT2D eigenvalue weighted by Crippen LogP contribution is 2.37. The molecule has 0 aliphatic carbocycles. The summed E-state index contributed by atoms with van der Waals surface area (Å²) in [5.41, 5.74) is -0.911. The van der Waals surface area contributed by atoms with E-state index in [1.807, 2.05) is 83.1 Å². The van der Waals surface area contributed by atoms with E-state index >= 15 is 0 Å². The molecule has 12 nitrogen and oxygen atoms in total. The van der Waals surface area contributed by atoms with Gasteiger partial charge >= 0.3 is 23.9 Å². The first kappa shape index (κ1) is 55.6. The molecule has 0 radical (unpaired) electrons. The Kier molecular flexibility index (Phi) is 18.6. The number of carbonyl (C=O) groups is 4. The van der Waals surface area contributed by atoms with Crippen molar-refractivity contribution in [2.75, 3.05) is 26.4 Å². The van der Waals surface area contributed by atoms with Crippen LogP contribution in [-0.2, 0) is 63.8 Å². The highest BCUT2D eigenvalue weighted by molar-refractivity contribution is 5.76. The van der Waals surface area contributed by atoms with E-state index < -0.39 is 101 Å². The molecule has 0 heterocycles. The third-order valence-corrected chi connectivity index (χ3v) is 12.9. The Balaban J connectivity index is 1.80. The van der Waals surface area contributed by atoms with Crippen LogP contribution < -0.4 is 0 Å². The van der Waals surface area contributed by atoms with Gasteiger partial charge in [-0.25, -0.2) is 0 Å². The van der Waals surface area contributed by atoms with Crippen LogP contribution in [0.25, 0.3) is 0 Å². The van der Waals surface area contributed by atoms with Crippen molar-refractivity contribution in [2.24, 2.45) is 50.7 Å². The van der Waals surface area contributed by atoms with Gasteiger partial charge in [-0.1, -0.05) is 132 Å². The predicted molar refractivity (Wildman–Crippen MR) is 265 cm³/mol. The minimum absolute atomic E-state index is 0.0855. The summed E-state index contributed by atoms with van der Waals surface area (Å²) in [6.07, 6.45) is 1.09. The number of phenolic OH excluding ortho intramolecular Hbond substituents is 4. The van der Waals surface area contributed by atoms with Crippen LogP contribution in [0.2, 0.25) is 0 Å². The summed E-state index contributed by atoms with van der Waals surface area (Å²) in [6.45, 7) is 21.1. The van der Waals surface area contributed by atoms with E-state index in [0.717, 1.165) is 22.3 Å². The van der Waals surface area contributed by atoms with Crippen molar-refractivity contribution in [1.82, 2.24) is 0 Å². The number of hydrogen-bond donors (Lipinski definition) is 4. The normalized spacial score (nSPS) is 14.9. The fourth-order valence-electron chi connectivity index (χ4n) is 7.99.